The summed E-state index contributed by atoms with van der Waals surface area (Å²) >= 11 is 0. The van der Waals surface area contributed by atoms with Crippen molar-refractivity contribution in [1.82, 2.24) is 10.3 Å². The minimum atomic E-state index is -0.616. The van der Waals surface area contributed by atoms with Gasteiger partial charge >= 0.3 is 0 Å². The van der Waals surface area contributed by atoms with Gasteiger partial charge in [-0.05, 0) is 6.42 Å². The van der Waals surface area contributed by atoms with Gasteiger partial charge in [-0.2, -0.15) is 0 Å². The second kappa shape index (κ2) is 6.18. The Balaban J connectivity index is 0.000000162. The maximum atomic E-state index is 8.14. The summed E-state index contributed by atoms with van der Waals surface area (Å²) in [6, 6.07) is 0. The van der Waals surface area contributed by atoms with Crippen LogP contribution in [0.2, 0.25) is 0 Å². The maximum Gasteiger partial charge on any atom is 0.102 e. The summed E-state index contributed by atoms with van der Waals surface area (Å²) < 4.78 is 4.08. The number of hydrogen-bond acceptors (Lipinski definition) is 5. The highest BCUT2D eigenvalue weighted by Gasteiger charge is 1.81. The van der Waals surface area contributed by atoms with Crippen LogP contribution in [0, 0.1) is 0 Å². The van der Waals surface area contributed by atoms with Crippen LogP contribution in [0.25, 0.3) is 0 Å². The molecule has 0 saturated carbocycles. The maximum absolute atomic E-state index is 8.14. The van der Waals surface area contributed by atoms with Crippen molar-refractivity contribution in [1.29, 1.82) is 0 Å². The van der Waals surface area contributed by atoms with Crippen molar-refractivity contribution >= 4 is 0 Å². The molecule has 1 atom stereocenters. The average molecular weight is 145 g/mol. The van der Waals surface area contributed by atoms with Gasteiger partial charge in [-0.15, -0.1) is 0 Å². The number of hydrogen-bond donors (Lipinski definition) is 2. The molecule has 1 aromatic heterocycles. The van der Waals surface area contributed by atoms with E-state index in [-0.39, 0.29) is 0 Å². The van der Waals surface area contributed by atoms with Gasteiger partial charge in [0.2, 0.25) is 0 Å². The van der Waals surface area contributed by atoms with E-state index in [2.05, 4.69) is 14.9 Å². The fourth-order valence-corrected chi connectivity index (χ4v) is 0.136. The van der Waals surface area contributed by atoms with E-state index in [1.807, 2.05) is 6.92 Å². The van der Waals surface area contributed by atoms with E-state index >= 15 is 0 Å². The average Bonchev–Trinajstić information content (AvgIpc) is 2.43. The molecule has 0 spiro atoms. The van der Waals surface area contributed by atoms with Crippen molar-refractivity contribution in [2.75, 3.05) is 0 Å². The summed E-state index contributed by atoms with van der Waals surface area (Å²) in [5, 5.41) is 14.6. The molecule has 0 aromatic carbocycles. The van der Waals surface area contributed by atoms with Crippen LogP contribution >= 0.6 is 0 Å². The topological polar surface area (TPSA) is 85.2 Å². The summed E-state index contributed by atoms with van der Waals surface area (Å²) in [6.45, 7) is 1.82. The Bertz CT molecular complexity index is 112. The first-order chi connectivity index (χ1) is 4.77. The van der Waals surface area contributed by atoms with Crippen LogP contribution < -0.4 is 5.73 Å². The zero-order valence-electron chi connectivity index (χ0n) is 5.77. The van der Waals surface area contributed by atoms with Gasteiger partial charge in [-0.1, -0.05) is 17.2 Å². The highest BCUT2D eigenvalue weighted by atomic mass is 16.6. The van der Waals surface area contributed by atoms with Crippen LogP contribution in [-0.2, 0) is 0 Å². The van der Waals surface area contributed by atoms with Crippen LogP contribution in [0.4, 0.5) is 0 Å². The summed E-state index contributed by atoms with van der Waals surface area (Å²) in [7, 11) is 0. The Morgan fingerprint density at radius 1 is 1.60 bits per heavy atom. The molecule has 0 aliphatic carbocycles. The highest BCUT2D eigenvalue weighted by molar-refractivity contribution is 4.51. The third-order valence-corrected chi connectivity index (χ3v) is 0.701. The lowest BCUT2D eigenvalue weighted by atomic mass is 10.5. The quantitative estimate of drug-likeness (QED) is 0.532. The van der Waals surface area contributed by atoms with E-state index in [1.165, 1.54) is 12.4 Å². The summed E-state index contributed by atoms with van der Waals surface area (Å²) in [4.78, 5) is 0. The smallest absolute Gasteiger partial charge is 0.102 e. The largest absolute Gasteiger partial charge is 0.379 e. The van der Waals surface area contributed by atoms with E-state index in [0.29, 0.717) is 6.42 Å². The van der Waals surface area contributed by atoms with Crippen molar-refractivity contribution < 1.29 is 9.74 Å². The molecular weight excluding hydrogens is 134 g/mol. The van der Waals surface area contributed by atoms with Gasteiger partial charge in [0.05, 0.1) is 12.4 Å². The molecule has 0 bridgehead atoms. The molecular formula is C5H11N3O2. The standard InChI is InChI=1S/C3H9NO.C2H2N2O/c1-2-3(4)5;1-2-4-5-3-1/h3,5H,2,4H2,1H3;1-2H. The Hall–Kier alpha value is -0.940. The zero-order chi connectivity index (χ0) is 7.82. The highest BCUT2D eigenvalue weighted by Crippen LogP contribution is 1.72. The summed E-state index contributed by atoms with van der Waals surface area (Å²) in [6.07, 6.45) is 2.97. The lowest BCUT2D eigenvalue weighted by Crippen LogP contribution is -2.16. The normalized spacial score (nSPS) is 11.5. The molecule has 58 valence electrons. The third-order valence-electron chi connectivity index (χ3n) is 0.701. The predicted molar refractivity (Wildman–Crippen MR) is 34.8 cm³/mol. The van der Waals surface area contributed by atoms with E-state index in [1.54, 1.807) is 0 Å². The Morgan fingerprint density at radius 2 is 2.00 bits per heavy atom. The number of rotatable bonds is 1. The molecule has 1 aromatic rings. The number of aliphatic hydroxyl groups excluding tert-OH is 1. The lowest BCUT2D eigenvalue weighted by molar-refractivity contribution is 0.178. The molecule has 1 heterocycles. The molecule has 0 radical (unpaired) electrons. The molecule has 0 saturated heterocycles. The molecule has 10 heavy (non-hydrogen) atoms. The van der Waals surface area contributed by atoms with Gasteiger partial charge in [0, 0.05) is 0 Å². The Labute approximate surface area is 58.8 Å². The van der Waals surface area contributed by atoms with Gasteiger partial charge in [-0.25, -0.2) is 4.63 Å². The Kier molecular flexibility index (Phi) is 5.60. The van der Waals surface area contributed by atoms with Crippen LogP contribution in [-0.4, -0.2) is 21.6 Å². The minimum Gasteiger partial charge on any atom is -0.379 e. The van der Waals surface area contributed by atoms with Crippen molar-refractivity contribution in [3.63, 3.8) is 0 Å². The van der Waals surface area contributed by atoms with Crippen molar-refractivity contribution in [3.8, 4) is 0 Å². The number of nitrogens with two attached hydrogens (primary N) is 1. The number of aliphatic hydroxyl groups is 1. The van der Waals surface area contributed by atoms with Gasteiger partial charge < -0.3 is 10.8 Å². The van der Waals surface area contributed by atoms with Crippen LogP contribution in [0.5, 0.6) is 0 Å². The van der Waals surface area contributed by atoms with Crippen LogP contribution in [0.15, 0.2) is 17.0 Å². The monoisotopic (exact) mass is 145 g/mol. The minimum absolute atomic E-state index is 0.616. The number of aromatic nitrogens is 2. The molecule has 0 aliphatic rings. The first-order valence-electron chi connectivity index (χ1n) is 2.92. The molecule has 1 unspecified atom stereocenters. The first-order valence-corrected chi connectivity index (χ1v) is 2.92. The summed E-state index contributed by atoms with van der Waals surface area (Å²) in [5.74, 6) is 0. The first kappa shape index (κ1) is 9.06. The molecule has 0 aliphatic heterocycles. The third kappa shape index (κ3) is 7.06. The Morgan fingerprint density at radius 3 is 2.10 bits per heavy atom. The fourth-order valence-electron chi connectivity index (χ4n) is 0.136. The number of nitrogens with zero attached hydrogens (tertiary/aromatic N) is 2. The van der Waals surface area contributed by atoms with Gasteiger partial charge in [0.25, 0.3) is 0 Å². The van der Waals surface area contributed by atoms with Crippen LogP contribution in [0.3, 0.4) is 0 Å². The van der Waals surface area contributed by atoms with E-state index < -0.39 is 6.23 Å². The molecule has 5 heteroatoms. The second-order valence-electron chi connectivity index (χ2n) is 1.57. The van der Waals surface area contributed by atoms with E-state index in [4.69, 9.17) is 10.8 Å². The van der Waals surface area contributed by atoms with Gasteiger partial charge in [0.15, 0.2) is 0 Å². The van der Waals surface area contributed by atoms with Crippen molar-refractivity contribution in [2.24, 2.45) is 5.73 Å². The molecule has 1 rings (SSSR count). The molecule has 3 N–H and O–H groups in total. The van der Waals surface area contributed by atoms with Gasteiger partial charge in [-0.3, -0.25) is 0 Å². The summed E-state index contributed by atoms with van der Waals surface area (Å²) in [5.41, 5.74) is 4.85. The molecule has 5 nitrogen and oxygen atoms in total. The van der Waals surface area contributed by atoms with Gasteiger partial charge in [0.1, 0.15) is 6.23 Å². The lowest BCUT2D eigenvalue weighted by Gasteiger charge is -1.91. The van der Waals surface area contributed by atoms with Crippen molar-refractivity contribution in [3.05, 3.63) is 12.4 Å². The second-order valence-corrected chi connectivity index (χ2v) is 1.57. The molecule has 0 amide bonds. The van der Waals surface area contributed by atoms with E-state index in [0.717, 1.165) is 0 Å². The van der Waals surface area contributed by atoms with E-state index in [9.17, 15) is 0 Å². The fraction of sp³-hybridized carbons (Fsp3) is 0.600. The zero-order valence-corrected chi connectivity index (χ0v) is 5.77. The predicted octanol–water partition coefficient (Wildman–Crippen LogP) is -0.257. The SMILES string of the molecule is CCC(N)O.c1cnon1. The van der Waals surface area contributed by atoms with Crippen LogP contribution in [0.1, 0.15) is 13.3 Å². The molecule has 0 fully saturated rings. The van der Waals surface area contributed by atoms with Crippen molar-refractivity contribution in [2.45, 2.75) is 19.6 Å².